The summed E-state index contributed by atoms with van der Waals surface area (Å²) in [5, 5.41) is 2.75. The summed E-state index contributed by atoms with van der Waals surface area (Å²) in [5.74, 6) is 0.497. The first-order valence-electron chi connectivity index (χ1n) is 6.81. The SMILES string of the molecule is COc1ccc(NC(=O)CCC(=O)c2ccc(Br)cc2)cc1. The predicted molar refractivity (Wildman–Crippen MR) is 89.3 cm³/mol. The van der Waals surface area contributed by atoms with Crippen molar-refractivity contribution >= 4 is 33.3 Å². The van der Waals surface area contributed by atoms with Crippen molar-refractivity contribution in [2.75, 3.05) is 12.4 Å². The number of methoxy groups -OCH3 is 1. The molecule has 0 atom stereocenters. The molecule has 1 amide bonds. The zero-order chi connectivity index (χ0) is 15.9. The molecule has 0 radical (unpaired) electrons. The van der Waals surface area contributed by atoms with Crippen molar-refractivity contribution in [2.24, 2.45) is 0 Å². The number of halogens is 1. The van der Waals surface area contributed by atoms with Crippen molar-refractivity contribution in [3.05, 3.63) is 58.6 Å². The van der Waals surface area contributed by atoms with E-state index in [0.29, 0.717) is 11.3 Å². The fourth-order valence-electron chi connectivity index (χ4n) is 1.91. The van der Waals surface area contributed by atoms with Gasteiger partial charge in [0, 0.05) is 28.6 Å². The van der Waals surface area contributed by atoms with E-state index in [-0.39, 0.29) is 24.5 Å². The maximum atomic E-state index is 12.0. The van der Waals surface area contributed by atoms with Crippen LogP contribution in [0.15, 0.2) is 53.0 Å². The number of ether oxygens (including phenoxy) is 1. The third-order valence-electron chi connectivity index (χ3n) is 3.12. The second-order valence-electron chi connectivity index (χ2n) is 4.71. The van der Waals surface area contributed by atoms with Crippen LogP contribution in [0.25, 0.3) is 0 Å². The van der Waals surface area contributed by atoms with Gasteiger partial charge in [-0.15, -0.1) is 0 Å². The van der Waals surface area contributed by atoms with Crippen LogP contribution in [0.3, 0.4) is 0 Å². The first-order chi connectivity index (χ1) is 10.6. The summed E-state index contributed by atoms with van der Waals surface area (Å²) in [6.07, 6.45) is 0.338. The molecule has 5 heteroatoms. The molecule has 2 aromatic rings. The summed E-state index contributed by atoms with van der Waals surface area (Å²) >= 11 is 3.32. The van der Waals surface area contributed by atoms with Crippen LogP contribution < -0.4 is 10.1 Å². The molecule has 0 unspecified atom stereocenters. The number of Topliss-reactive ketones (excluding diaryl/α,β-unsaturated/α-hetero) is 1. The molecule has 0 spiro atoms. The van der Waals surface area contributed by atoms with Gasteiger partial charge in [-0.2, -0.15) is 0 Å². The average molecular weight is 362 g/mol. The van der Waals surface area contributed by atoms with Gasteiger partial charge in [0.25, 0.3) is 0 Å². The van der Waals surface area contributed by atoms with Crippen molar-refractivity contribution in [3.63, 3.8) is 0 Å². The third kappa shape index (κ3) is 4.70. The van der Waals surface area contributed by atoms with Gasteiger partial charge in [0.05, 0.1) is 7.11 Å². The summed E-state index contributed by atoms with van der Waals surface area (Å²) in [7, 11) is 1.58. The largest absolute Gasteiger partial charge is 0.497 e. The lowest BCUT2D eigenvalue weighted by Crippen LogP contribution is -2.13. The van der Waals surface area contributed by atoms with Crippen LogP contribution in [-0.2, 0) is 4.79 Å². The van der Waals surface area contributed by atoms with Crippen LogP contribution in [0.5, 0.6) is 5.75 Å². The predicted octanol–water partition coefficient (Wildman–Crippen LogP) is 4.06. The minimum Gasteiger partial charge on any atom is -0.497 e. The topological polar surface area (TPSA) is 55.4 Å². The molecule has 0 fully saturated rings. The molecule has 2 aromatic carbocycles. The van der Waals surface area contributed by atoms with Crippen LogP contribution in [0.4, 0.5) is 5.69 Å². The number of nitrogens with one attached hydrogen (secondary N) is 1. The highest BCUT2D eigenvalue weighted by atomic mass is 79.9. The monoisotopic (exact) mass is 361 g/mol. The Hall–Kier alpha value is -2.14. The van der Waals surface area contributed by atoms with E-state index in [9.17, 15) is 9.59 Å². The van der Waals surface area contributed by atoms with E-state index in [4.69, 9.17) is 4.74 Å². The Kier molecular flexibility index (Phi) is 5.72. The Morgan fingerprint density at radius 3 is 2.23 bits per heavy atom. The van der Waals surface area contributed by atoms with E-state index >= 15 is 0 Å². The molecule has 1 N–H and O–H groups in total. The van der Waals surface area contributed by atoms with Crippen LogP contribution >= 0.6 is 15.9 Å². The molecular formula is C17H16BrNO3. The zero-order valence-electron chi connectivity index (χ0n) is 12.1. The molecular weight excluding hydrogens is 346 g/mol. The van der Waals surface area contributed by atoms with Gasteiger partial charge >= 0.3 is 0 Å². The van der Waals surface area contributed by atoms with Gasteiger partial charge in [0.2, 0.25) is 5.91 Å². The van der Waals surface area contributed by atoms with E-state index in [1.807, 2.05) is 12.1 Å². The van der Waals surface area contributed by atoms with E-state index < -0.39 is 0 Å². The molecule has 0 aliphatic carbocycles. The fourth-order valence-corrected chi connectivity index (χ4v) is 2.17. The number of carbonyl (C=O) groups is 2. The molecule has 0 heterocycles. The normalized spacial score (nSPS) is 10.1. The average Bonchev–Trinajstić information content (AvgIpc) is 2.54. The van der Waals surface area contributed by atoms with Crippen molar-refractivity contribution in [3.8, 4) is 5.75 Å². The lowest BCUT2D eigenvalue weighted by molar-refractivity contribution is -0.116. The van der Waals surface area contributed by atoms with E-state index in [1.165, 1.54) is 0 Å². The second-order valence-corrected chi connectivity index (χ2v) is 5.62. The highest BCUT2D eigenvalue weighted by Crippen LogP contribution is 2.16. The first kappa shape index (κ1) is 16.2. The van der Waals surface area contributed by atoms with Crippen LogP contribution in [0.1, 0.15) is 23.2 Å². The Morgan fingerprint density at radius 2 is 1.64 bits per heavy atom. The molecule has 2 rings (SSSR count). The quantitative estimate of drug-likeness (QED) is 0.789. The van der Waals surface area contributed by atoms with Crippen molar-refractivity contribution in [2.45, 2.75) is 12.8 Å². The number of anilines is 1. The maximum Gasteiger partial charge on any atom is 0.224 e. The second kappa shape index (κ2) is 7.75. The smallest absolute Gasteiger partial charge is 0.224 e. The van der Waals surface area contributed by atoms with E-state index in [2.05, 4.69) is 21.2 Å². The van der Waals surface area contributed by atoms with Gasteiger partial charge in [-0.3, -0.25) is 9.59 Å². The summed E-state index contributed by atoms with van der Waals surface area (Å²) < 4.78 is 5.97. The third-order valence-corrected chi connectivity index (χ3v) is 3.65. The van der Waals surface area contributed by atoms with Crippen molar-refractivity contribution in [1.82, 2.24) is 0 Å². The molecule has 22 heavy (non-hydrogen) atoms. The fraction of sp³-hybridized carbons (Fsp3) is 0.176. The molecule has 0 saturated carbocycles. The summed E-state index contributed by atoms with van der Waals surface area (Å²) in [6.45, 7) is 0. The van der Waals surface area contributed by atoms with Gasteiger partial charge in [0.1, 0.15) is 5.75 Å². The minimum atomic E-state index is -0.185. The zero-order valence-corrected chi connectivity index (χ0v) is 13.7. The van der Waals surface area contributed by atoms with Crippen LogP contribution in [-0.4, -0.2) is 18.8 Å². The standard InChI is InChI=1S/C17H16BrNO3/c1-22-15-8-6-14(7-9-15)19-17(21)11-10-16(20)12-2-4-13(18)5-3-12/h2-9H,10-11H2,1H3,(H,19,21). The molecule has 0 aromatic heterocycles. The van der Waals surface area contributed by atoms with Gasteiger partial charge in [0.15, 0.2) is 5.78 Å². The molecule has 0 bridgehead atoms. The highest BCUT2D eigenvalue weighted by molar-refractivity contribution is 9.10. The number of hydrogen-bond acceptors (Lipinski definition) is 3. The van der Waals surface area contributed by atoms with E-state index in [0.717, 1.165) is 10.2 Å². The Morgan fingerprint density at radius 1 is 1.00 bits per heavy atom. The number of hydrogen-bond donors (Lipinski definition) is 1. The van der Waals surface area contributed by atoms with Gasteiger partial charge in [-0.1, -0.05) is 28.1 Å². The maximum absolute atomic E-state index is 12.0. The van der Waals surface area contributed by atoms with Crippen molar-refractivity contribution < 1.29 is 14.3 Å². The van der Waals surface area contributed by atoms with Gasteiger partial charge < -0.3 is 10.1 Å². The van der Waals surface area contributed by atoms with Gasteiger partial charge in [-0.05, 0) is 36.4 Å². The van der Waals surface area contributed by atoms with Crippen molar-refractivity contribution in [1.29, 1.82) is 0 Å². The Balaban J connectivity index is 1.84. The van der Waals surface area contributed by atoms with Crippen LogP contribution in [0.2, 0.25) is 0 Å². The lowest BCUT2D eigenvalue weighted by atomic mass is 10.1. The number of benzene rings is 2. The first-order valence-corrected chi connectivity index (χ1v) is 7.60. The number of ketones is 1. The van der Waals surface area contributed by atoms with Gasteiger partial charge in [-0.25, -0.2) is 0 Å². The molecule has 0 saturated heterocycles. The molecule has 0 aliphatic rings. The van der Waals surface area contributed by atoms with E-state index in [1.54, 1.807) is 43.5 Å². The Labute approximate surface area is 137 Å². The Bertz CT molecular complexity index is 651. The highest BCUT2D eigenvalue weighted by Gasteiger charge is 2.09. The molecule has 0 aliphatic heterocycles. The summed E-state index contributed by atoms with van der Waals surface area (Å²) in [5.41, 5.74) is 1.29. The molecule has 4 nitrogen and oxygen atoms in total. The summed E-state index contributed by atoms with van der Waals surface area (Å²) in [6, 6.07) is 14.2. The number of amides is 1. The minimum absolute atomic E-state index is 0.0441. The van der Waals surface area contributed by atoms with Crippen LogP contribution in [0, 0.1) is 0 Å². The number of rotatable bonds is 6. The lowest BCUT2D eigenvalue weighted by Gasteiger charge is -2.06. The molecule has 114 valence electrons. The summed E-state index contributed by atoms with van der Waals surface area (Å²) in [4.78, 5) is 23.8. The number of carbonyl (C=O) groups excluding carboxylic acids is 2.